The number of piperidine rings is 1. The Morgan fingerprint density at radius 1 is 1.11 bits per heavy atom. The molecule has 0 N–H and O–H groups in total. The first-order chi connectivity index (χ1) is 13.2. The summed E-state index contributed by atoms with van der Waals surface area (Å²) in [6, 6.07) is 0.626. The van der Waals surface area contributed by atoms with Crippen LogP contribution in [0.3, 0.4) is 0 Å². The van der Waals surface area contributed by atoms with E-state index in [9.17, 15) is 0 Å². The van der Waals surface area contributed by atoms with Gasteiger partial charge >= 0.3 is 0 Å². The minimum absolute atomic E-state index is 0.502. The molecular formula is C20H31N7. The summed E-state index contributed by atoms with van der Waals surface area (Å²) in [4.78, 5) is 13.4. The molecule has 2 aromatic heterocycles. The van der Waals surface area contributed by atoms with Gasteiger partial charge in [-0.25, -0.2) is 9.97 Å². The van der Waals surface area contributed by atoms with Crippen molar-refractivity contribution >= 4 is 5.82 Å². The van der Waals surface area contributed by atoms with E-state index in [0.717, 1.165) is 57.0 Å². The zero-order chi connectivity index (χ0) is 18.8. The predicted molar refractivity (Wildman–Crippen MR) is 106 cm³/mol. The fourth-order valence-electron chi connectivity index (χ4n) is 4.17. The van der Waals surface area contributed by atoms with Gasteiger partial charge in [-0.15, -0.1) is 10.2 Å². The van der Waals surface area contributed by atoms with Gasteiger partial charge in [0, 0.05) is 36.8 Å². The Kier molecular flexibility index (Phi) is 5.38. The molecule has 2 aliphatic rings. The van der Waals surface area contributed by atoms with E-state index in [4.69, 9.17) is 0 Å². The van der Waals surface area contributed by atoms with Gasteiger partial charge in [-0.2, -0.15) is 0 Å². The van der Waals surface area contributed by atoms with Crippen molar-refractivity contribution in [3.63, 3.8) is 0 Å². The normalized spacial score (nSPS) is 18.4. The Labute approximate surface area is 161 Å². The summed E-state index contributed by atoms with van der Waals surface area (Å²) >= 11 is 0. The third kappa shape index (κ3) is 3.98. The SMILES string of the molecule is CCCc1cncnc1N1CCC(c2nnc(CN(C)C)n2C2CC2)CC1. The molecule has 0 aromatic carbocycles. The maximum absolute atomic E-state index is 4.64. The van der Waals surface area contributed by atoms with Crippen LogP contribution in [0.5, 0.6) is 0 Å². The van der Waals surface area contributed by atoms with Crippen LogP contribution in [0.2, 0.25) is 0 Å². The molecule has 0 amide bonds. The van der Waals surface area contributed by atoms with Gasteiger partial charge in [-0.1, -0.05) is 13.3 Å². The first-order valence-electron chi connectivity index (χ1n) is 10.3. The van der Waals surface area contributed by atoms with Gasteiger partial charge in [0.1, 0.15) is 23.8 Å². The van der Waals surface area contributed by atoms with Crippen molar-refractivity contribution in [1.29, 1.82) is 0 Å². The number of anilines is 1. The zero-order valence-electron chi connectivity index (χ0n) is 16.8. The summed E-state index contributed by atoms with van der Waals surface area (Å²) in [5, 5.41) is 9.19. The molecule has 1 aliphatic carbocycles. The predicted octanol–water partition coefficient (Wildman–Crippen LogP) is 2.80. The van der Waals surface area contributed by atoms with E-state index in [2.05, 4.69) is 55.6 Å². The van der Waals surface area contributed by atoms with Gasteiger partial charge in [-0.05, 0) is 46.2 Å². The van der Waals surface area contributed by atoms with Gasteiger partial charge in [0.2, 0.25) is 0 Å². The van der Waals surface area contributed by atoms with Gasteiger partial charge in [-0.3, -0.25) is 0 Å². The highest BCUT2D eigenvalue weighted by molar-refractivity contribution is 5.46. The lowest BCUT2D eigenvalue weighted by atomic mass is 9.95. The molecule has 0 bridgehead atoms. The number of hydrogen-bond acceptors (Lipinski definition) is 6. The molecule has 7 heteroatoms. The molecule has 1 saturated carbocycles. The second-order valence-electron chi connectivity index (χ2n) is 8.20. The van der Waals surface area contributed by atoms with Crippen molar-refractivity contribution in [2.24, 2.45) is 0 Å². The standard InChI is InChI=1S/C20H31N7/c1-4-5-16-12-21-14-22-19(16)26-10-8-15(9-11-26)20-24-23-18(13-25(2)3)27(20)17-6-7-17/h12,14-15,17H,4-11,13H2,1-3H3. The molecule has 27 heavy (non-hydrogen) atoms. The van der Waals surface area contributed by atoms with Crippen LogP contribution in [0, 0.1) is 0 Å². The van der Waals surface area contributed by atoms with Crippen molar-refractivity contribution in [3.05, 3.63) is 29.7 Å². The molecule has 0 unspecified atom stereocenters. The van der Waals surface area contributed by atoms with E-state index in [1.807, 2.05) is 6.20 Å². The Morgan fingerprint density at radius 3 is 2.56 bits per heavy atom. The van der Waals surface area contributed by atoms with Gasteiger partial charge in [0.15, 0.2) is 0 Å². The Bertz CT molecular complexity index is 757. The van der Waals surface area contributed by atoms with Crippen LogP contribution in [-0.2, 0) is 13.0 Å². The number of aromatic nitrogens is 5. The Balaban J connectivity index is 1.48. The monoisotopic (exact) mass is 369 g/mol. The van der Waals surface area contributed by atoms with Crippen LogP contribution in [0.1, 0.15) is 68.2 Å². The summed E-state index contributed by atoms with van der Waals surface area (Å²) in [6.07, 6.45) is 10.6. The van der Waals surface area contributed by atoms with E-state index in [-0.39, 0.29) is 0 Å². The molecule has 1 aliphatic heterocycles. The quantitative estimate of drug-likeness (QED) is 0.748. The number of hydrogen-bond donors (Lipinski definition) is 0. The first kappa shape index (κ1) is 18.3. The highest BCUT2D eigenvalue weighted by Crippen LogP contribution is 2.40. The molecule has 0 spiro atoms. The fraction of sp³-hybridized carbons (Fsp3) is 0.700. The average Bonchev–Trinajstić information content (AvgIpc) is 3.43. The minimum Gasteiger partial charge on any atom is -0.356 e. The second kappa shape index (κ2) is 7.92. The maximum Gasteiger partial charge on any atom is 0.147 e. The summed E-state index contributed by atoms with van der Waals surface area (Å²) in [5.74, 6) is 3.97. The second-order valence-corrected chi connectivity index (χ2v) is 8.20. The van der Waals surface area contributed by atoms with Crippen LogP contribution in [0.15, 0.2) is 12.5 Å². The van der Waals surface area contributed by atoms with E-state index < -0.39 is 0 Å². The molecule has 3 heterocycles. The van der Waals surface area contributed by atoms with Crippen LogP contribution in [0.25, 0.3) is 0 Å². The Morgan fingerprint density at radius 2 is 1.89 bits per heavy atom. The van der Waals surface area contributed by atoms with E-state index in [0.29, 0.717) is 12.0 Å². The van der Waals surface area contributed by atoms with Gasteiger partial charge < -0.3 is 14.4 Å². The lowest BCUT2D eigenvalue weighted by molar-refractivity contribution is 0.376. The van der Waals surface area contributed by atoms with Crippen LogP contribution in [0.4, 0.5) is 5.82 Å². The fourth-order valence-corrected chi connectivity index (χ4v) is 4.17. The van der Waals surface area contributed by atoms with Crippen molar-refractivity contribution in [2.45, 2.75) is 64.0 Å². The molecule has 146 valence electrons. The molecule has 1 saturated heterocycles. The smallest absolute Gasteiger partial charge is 0.147 e. The van der Waals surface area contributed by atoms with Gasteiger partial charge in [0.05, 0.1) is 6.54 Å². The molecule has 7 nitrogen and oxygen atoms in total. The largest absolute Gasteiger partial charge is 0.356 e. The first-order valence-corrected chi connectivity index (χ1v) is 10.3. The zero-order valence-corrected chi connectivity index (χ0v) is 16.8. The van der Waals surface area contributed by atoms with Crippen LogP contribution < -0.4 is 4.90 Å². The summed E-state index contributed by atoms with van der Waals surface area (Å²) in [5.41, 5.74) is 1.27. The maximum atomic E-state index is 4.64. The Hall–Kier alpha value is -2.02. The highest BCUT2D eigenvalue weighted by Gasteiger charge is 2.34. The van der Waals surface area contributed by atoms with Crippen LogP contribution >= 0.6 is 0 Å². The van der Waals surface area contributed by atoms with Crippen molar-refractivity contribution in [3.8, 4) is 0 Å². The van der Waals surface area contributed by atoms with Crippen molar-refractivity contribution in [2.75, 3.05) is 32.1 Å². The summed E-state index contributed by atoms with van der Waals surface area (Å²) in [6.45, 7) is 5.13. The van der Waals surface area contributed by atoms with E-state index in [1.54, 1.807) is 6.33 Å². The summed E-state index contributed by atoms with van der Waals surface area (Å²) in [7, 11) is 4.19. The molecule has 4 rings (SSSR count). The lowest BCUT2D eigenvalue weighted by Gasteiger charge is -2.33. The van der Waals surface area contributed by atoms with Gasteiger partial charge in [0.25, 0.3) is 0 Å². The lowest BCUT2D eigenvalue weighted by Crippen LogP contribution is -2.35. The highest BCUT2D eigenvalue weighted by atomic mass is 15.3. The molecule has 2 fully saturated rings. The van der Waals surface area contributed by atoms with Crippen LogP contribution in [-0.4, -0.2) is 56.8 Å². The van der Waals surface area contributed by atoms with E-state index in [1.165, 1.54) is 24.2 Å². The molecule has 0 atom stereocenters. The third-order valence-corrected chi connectivity index (χ3v) is 5.61. The number of aryl methyl sites for hydroxylation is 1. The topological polar surface area (TPSA) is 63.0 Å². The summed E-state index contributed by atoms with van der Waals surface area (Å²) < 4.78 is 2.45. The minimum atomic E-state index is 0.502. The molecule has 2 aromatic rings. The third-order valence-electron chi connectivity index (χ3n) is 5.61. The molecule has 0 radical (unpaired) electrons. The number of nitrogens with zero attached hydrogens (tertiary/aromatic N) is 7. The molecular weight excluding hydrogens is 338 g/mol. The average molecular weight is 370 g/mol. The number of rotatable bonds is 7. The van der Waals surface area contributed by atoms with E-state index >= 15 is 0 Å². The van der Waals surface area contributed by atoms with Crippen molar-refractivity contribution in [1.82, 2.24) is 29.6 Å². The van der Waals surface area contributed by atoms with Crippen molar-refractivity contribution < 1.29 is 0 Å².